The van der Waals surface area contributed by atoms with Crippen molar-refractivity contribution in [2.24, 2.45) is 0 Å². The van der Waals surface area contributed by atoms with Gasteiger partial charge in [0, 0.05) is 19.0 Å². The van der Waals surface area contributed by atoms with E-state index >= 15 is 0 Å². The van der Waals surface area contributed by atoms with Crippen LogP contribution in [-0.2, 0) is 0 Å². The minimum Gasteiger partial charge on any atom is -0.378 e. The van der Waals surface area contributed by atoms with E-state index in [0.717, 1.165) is 31.4 Å². The molecule has 0 spiro atoms. The smallest absolute Gasteiger partial charge is 0.329 e. The molecule has 2 aromatic heterocycles. The quantitative estimate of drug-likeness (QED) is 0.614. The number of aromatic amines is 1. The number of nitrogen functional groups attached to an aromatic ring is 1. The Bertz CT molecular complexity index is 644. The van der Waals surface area contributed by atoms with Gasteiger partial charge >= 0.3 is 5.69 Å². The Morgan fingerprint density at radius 2 is 2.33 bits per heavy atom. The molecule has 0 aromatic carbocycles. The lowest BCUT2D eigenvalue weighted by Gasteiger charge is -2.31. The number of nitrogens with zero attached hydrogens (tertiary/aromatic N) is 6. The standard InChI is InChI=1S/C11H14N8O2/c12-9-8(19(20)21)4-13-11(16-9)18-3-1-2-7(5-18)10-14-6-15-17-10/h4,6-7H,1-3,5H2,(H2,12,13,16)(H,14,15,17)/t7-/m1/s1. The highest BCUT2D eigenvalue weighted by molar-refractivity contribution is 5.53. The van der Waals surface area contributed by atoms with Gasteiger partial charge in [-0.3, -0.25) is 15.2 Å². The third-order valence-corrected chi connectivity index (χ3v) is 3.51. The Kier molecular flexibility index (Phi) is 3.34. The Morgan fingerprint density at radius 3 is 3.00 bits per heavy atom. The molecule has 1 aliphatic heterocycles. The highest BCUT2D eigenvalue weighted by atomic mass is 16.6. The first-order valence-corrected chi connectivity index (χ1v) is 6.52. The number of nitrogens with two attached hydrogens (primary N) is 1. The Hall–Kier alpha value is -2.78. The maximum Gasteiger partial charge on any atom is 0.329 e. The number of hydrogen-bond donors (Lipinski definition) is 2. The van der Waals surface area contributed by atoms with Crippen molar-refractivity contribution >= 4 is 17.5 Å². The number of piperidine rings is 1. The second-order valence-electron chi connectivity index (χ2n) is 4.85. The van der Waals surface area contributed by atoms with E-state index in [2.05, 4.69) is 25.1 Å². The lowest BCUT2D eigenvalue weighted by atomic mass is 9.98. The molecule has 21 heavy (non-hydrogen) atoms. The zero-order valence-electron chi connectivity index (χ0n) is 11.1. The molecule has 0 aliphatic carbocycles. The van der Waals surface area contributed by atoms with Crippen LogP contribution in [0.3, 0.4) is 0 Å². The molecule has 1 atom stereocenters. The van der Waals surface area contributed by atoms with Crippen molar-refractivity contribution < 1.29 is 4.92 Å². The predicted molar refractivity (Wildman–Crippen MR) is 73.7 cm³/mol. The van der Waals surface area contributed by atoms with Gasteiger partial charge in [-0.15, -0.1) is 0 Å². The summed E-state index contributed by atoms with van der Waals surface area (Å²) in [6.45, 7) is 1.45. The maximum atomic E-state index is 10.7. The number of nitrogens with one attached hydrogen (secondary N) is 1. The monoisotopic (exact) mass is 290 g/mol. The van der Waals surface area contributed by atoms with Gasteiger partial charge in [0.05, 0.1) is 4.92 Å². The van der Waals surface area contributed by atoms with Crippen LogP contribution in [0.5, 0.6) is 0 Å². The molecule has 0 unspecified atom stereocenters. The molecule has 2 aromatic rings. The summed E-state index contributed by atoms with van der Waals surface area (Å²) in [6.07, 6.45) is 4.57. The fourth-order valence-electron chi connectivity index (χ4n) is 2.47. The van der Waals surface area contributed by atoms with Gasteiger partial charge in [0.25, 0.3) is 0 Å². The van der Waals surface area contributed by atoms with E-state index in [1.165, 1.54) is 6.33 Å². The molecule has 10 nitrogen and oxygen atoms in total. The van der Waals surface area contributed by atoms with Gasteiger partial charge in [0.1, 0.15) is 18.3 Å². The highest BCUT2D eigenvalue weighted by Crippen LogP contribution is 2.27. The van der Waals surface area contributed by atoms with Gasteiger partial charge in [0.15, 0.2) is 0 Å². The average Bonchev–Trinajstić information content (AvgIpc) is 3.01. The molecule has 1 aliphatic rings. The minimum absolute atomic E-state index is 0.119. The van der Waals surface area contributed by atoms with Crippen LogP contribution in [-0.4, -0.2) is 43.2 Å². The average molecular weight is 290 g/mol. The number of H-pyrrole nitrogens is 1. The minimum atomic E-state index is -0.591. The molecular weight excluding hydrogens is 276 g/mol. The first-order chi connectivity index (χ1) is 10.1. The van der Waals surface area contributed by atoms with E-state index in [4.69, 9.17) is 5.73 Å². The number of rotatable bonds is 3. The van der Waals surface area contributed by atoms with Crippen LogP contribution >= 0.6 is 0 Å². The van der Waals surface area contributed by atoms with Crippen LogP contribution in [0, 0.1) is 10.1 Å². The van der Waals surface area contributed by atoms with Gasteiger partial charge in [0.2, 0.25) is 11.8 Å². The summed E-state index contributed by atoms with van der Waals surface area (Å²) >= 11 is 0. The highest BCUT2D eigenvalue weighted by Gasteiger charge is 2.26. The summed E-state index contributed by atoms with van der Waals surface area (Å²) in [7, 11) is 0. The zero-order chi connectivity index (χ0) is 14.8. The Labute approximate surface area is 119 Å². The summed E-state index contributed by atoms with van der Waals surface area (Å²) in [4.78, 5) is 24.4. The van der Waals surface area contributed by atoms with Gasteiger partial charge in [-0.05, 0) is 12.8 Å². The van der Waals surface area contributed by atoms with E-state index < -0.39 is 4.92 Å². The largest absolute Gasteiger partial charge is 0.378 e. The van der Waals surface area contributed by atoms with E-state index in [9.17, 15) is 10.1 Å². The van der Waals surface area contributed by atoms with Gasteiger partial charge in [-0.1, -0.05) is 0 Å². The lowest BCUT2D eigenvalue weighted by Crippen LogP contribution is -2.36. The van der Waals surface area contributed by atoms with Crippen molar-refractivity contribution in [2.45, 2.75) is 18.8 Å². The van der Waals surface area contributed by atoms with Gasteiger partial charge in [-0.2, -0.15) is 10.1 Å². The van der Waals surface area contributed by atoms with Crippen LogP contribution in [0.2, 0.25) is 0 Å². The fourth-order valence-corrected chi connectivity index (χ4v) is 2.47. The first kappa shape index (κ1) is 13.2. The third kappa shape index (κ3) is 2.59. The molecule has 0 amide bonds. The number of anilines is 2. The van der Waals surface area contributed by atoms with Crippen LogP contribution < -0.4 is 10.6 Å². The zero-order valence-corrected chi connectivity index (χ0v) is 11.1. The second kappa shape index (κ2) is 5.31. The molecule has 1 saturated heterocycles. The predicted octanol–water partition coefficient (Wildman–Crippen LogP) is 0.469. The van der Waals surface area contributed by atoms with Crippen LogP contribution in [0.15, 0.2) is 12.5 Å². The molecule has 3 rings (SSSR count). The van der Waals surface area contributed by atoms with E-state index in [1.54, 1.807) is 0 Å². The van der Waals surface area contributed by atoms with Gasteiger partial charge < -0.3 is 10.6 Å². The van der Waals surface area contributed by atoms with Crippen molar-refractivity contribution in [3.05, 3.63) is 28.5 Å². The van der Waals surface area contributed by atoms with Crippen molar-refractivity contribution in [3.8, 4) is 0 Å². The lowest BCUT2D eigenvalue weighted by molar-refractivity contribution is -0.384. The van der Waals surface area contributed by atoms with Crippen molar-refractivity contribution in [1.29, 1.82) is 0 Å². The Balaban J connectivity index is 1.80. The number of aromatic nitrogens is 5. The summed E-state index contributed by atoms with van der Waals surface area (Å²) in [5, 5.41) is 17.5. The third-order valence-electron chi connectivity index (χ3n) is 3.51. The molecule has 0 saturated carbocycles. The summed E-state index contributed by atoms with van der Waals surface area (Å²) in [5.41, 5.74) is 5.33. The SMILES string of the molecule is Nc1nc(N2CCC[C@@H](c3ncn[nH]3)C2)ncc1[N+](=O)[O-]. The molecule has 3 heterocycles. The maximum absolute atomic E-state index is 10.7. The molecule has 0 radical (unpaired) electrons. The summed E-state index contributed by atoms with van der Waals surface area (Å²) in [5.74, 6) is 1.32. The fraction of sp³-hybridized carbons (Fsp3) is 0.455. The summed E-state index contributed by atoms with van der Waals surface area (Å²) < 4.78 is 0. The molecule has 1 fully saturated rings. The molecule has 110 valence electrons. The van der Waals surface area contributed by atoms with Crippen molar-refractivity contribution in [1.82, 2.24) is 25.1 Å². The molecule has 3 N–H and O–H groups in total. The first-order valence-electron chi connectivity index (χ1n) is 6.52. The Morgan fingerprint density at radius 1 is 1.48 bits per heavy atom. The van der Waals surface area contributed by atoms with E-state index in [0.29, 0.717) is 12.5 Å². The normalized spacial score (nSPS) is 18.7. The molecular formula is C11H14N8O2. The summed E-state index contributed by atoms with van der Waals surface area (Å²) in [6, 6.07) is 0. The molecule has 10 heteroatoms. The van der Waals surface area contributed by atoms with Crippen LogP contribution in [0.1, 0.15) is 24.6 Å². The van der Waals surface area contributed by atoms with Gasteiger partial charge in [-0.25, -0.2) is 9.97 Å². The van der Waals surface area contributed by atoms with E-state index in [1.807, 2.05) is 4.90 Å². The topological polar surface area (TPSA) is 140 Å². The number of nitro groups is 1. The van der Waals surface area contributed by atoms with E-state index in [-0.39, 0.29) is 17.4 Å². The van der Waals surface area contributed by atoms with Crippen molar-refractivity contribution in [2.75, 3.05) is 23.7 Å². The van der Waals surface area contributed by atoms with Crippen molar-refractivity contribution in [3.63, 3.8) is 0 Å². The second-order valence-corrected chi connectivity index (χ2v) is 4.85. The van der Waals surface area contributed by atoms with Crippen LogP contribution in [0.4, 0.5) is 17.5 Å². The number of hydrogen-bond acceptors (Lipinski definition) is 8. The molecule has 0 bridgehead atoms. The van der Waals surface area contributed by atoms with Crippen LogP contribution in [0.25, 0.3) is 0 Å².